The molecule has 0 spiro atoms. The lowest BCUT2D eigenvalue weighted by atomic mass is 9.97. The van der Waals surface area contributed by atoms with E-state index in [4.69, 9.17) is 0 Å². The molecule has 2 rings (SSSR count). The van der Waals surface area contributed by atoms with Gasteiger partial charge in [-0.25, -0.2) is 0 Å². The van der Waals surface area contributed by atoms with E-state index in [1.807, 2.05) is 44.5 Å². The highest BCUT2D eigenvalue weighted by atomic mass is 32.2. The number of aryl methyl sites for hydroxylation is 4. The molecule has 0 bridgehead atoms. The van der Waals surface area contributed by atoms with E-state index < -0.39 is 0 Å². The summed E-state index contributed by atoms with van der Waals surface area (Å²) in [7, 11) is 1.87. The molecule has 0 amide bonds. The molecule has 2 aromatic rings. The molecule has 0 saturated carbocycles. The van der Waals surface area contributed by atoms with E-state index >= 15 is 0 Å². The van der Waals surface area contributed by atoms with Gasteiger partial charge in [0, 0.05) is 12.6 Å². The van der Waals surface area contributed by atoms with E-state index in [0.29, 0.717) is 5.75 Å². The standard InChI is InChI=1S/C14H17N3OS/c1-9-5-10(2)13(11(3)6-9)12(18)7-19-14-16-15-8-17(14)4/h5-6,8H,7H2,1-4H3. The van der Waals surface area contributed by atoms with Crippen molar-refractivity contribution >= 4 is 17.5 Å². The molecule has 19 heavy (non-hydrogen) atoms. The third-order valence-corrected chi connectivity index (χ3v) is 3.99. The van der Waals surface area contributed by atoms with E-state index in [9.17, 15) is 4.79 Å². The van der Waals surface area contributed by atoms with Gasteiger partial charge in [-0.3, -0.25) is 4.79 Å². The fourth-order valence-electron chi connectivity index (χ4n) is 2.23. The normalized spacial score (nSPS) is 10.7. The molecule has 0 fully saturated rings. The second-order valence-corrected chi connectivity index (χ2v) is 5.65. The summed E-state index contributed by atoms with van der Waals surface area (Å²) >= 11 is 1.42. The minimum atomic E-state index is 0.142. The summed E-state index contributed by atoms with van der Waals surface area (Å²) in [6, 6.07) is 4.10. The molecule has 0 atom stereocenters. The van der Waals surface area contributed by atoms with Crippen molar-refractivity contribution in [2.24, 2.45) is 7.05 Å². The lowest BCUT2D eigenvalue weighted by Crippen LogP contribution is -2.08. The Hall–Kier alpha value is -1.62. The molecule has 0 unspecified atom stereocenters. The molecule has 0 saturated heterocycles. The van der Waals surface area contributed by atoms with Crippen molar-refractivity contribution < 1.29 is 4.79 Å². The summed E-state index contributed by atoms with van der Waals surface area (Å²) in [5, 5.41) is 8.52. The fraction of sp³-hybridized carbons (Fsp3) is 0.357. The number of ketones is 1. The molecule has 1 aromatic carbocycles. The van der Waals surface area contributed by atoms with Gasteiger partial charge in [-0.1, -0.05) is 29.5 Å². The minimum Gasteiger partial charge on any atom is -0.312 e. The first kappa shape index (κ1) is 13.8. The van der Waals surface area contributed by atoms with E-state index in [-0.39, 0.29) is 5.78 Å². The average molecular weight is 275 g/mol. The van der Waals surface area contributed by atoms with Crippen molar-refractivity contribution in [1.82, 2.24) is 14.8 Å². The van der Waals surface area contributed by atoms with Gasteiger partial charge in [0.05, 0.1) is 5.75 Å². The fourth-order valence-corrected chi connectivity index (χ4v) is 2.99. The van der Waals surface area contributed by atoms with Gasteiger partial charge in [-0.15, -0.1) is 10.2 Å². The van der Waals surface area contributed by atoms with Gasteiger partial charge in [-0.05, 0) is 31.9 Å². The number of rotatable bonds is 4. The number of Topliss-reactive ketones (excluding diaryl/α,β-unsaturated/α-hetero) is 1. The number of thioether (sulfide) groups is 1. The van der Waals surface area contributed by atoms with Crippen LogP contribution in [0.2, 0.25) is 0 Å². The summed E-state index contributed by atoms with van der Waals surface area (Å²) < 4.78 is 1.81. The molecule has 1 aromatic heterocycles. The third kappa shape index (κ3) is 3.04. The van der Waals surface area contributed by atoms with Gasteiger partial charge in [0.15, 0.2) is 10.9 Å². The maximum Gasteiger partial charge on any atom is 0.191 e. The van der Waals surface area contributed by atoms with Gasteiger partial charge >= 0.3 is 0 Å². The van der Waals surface area contributed by atoms with Crippen LogP contribution in [0.1, 0.15) is 27.0 Å². The number of carbonyl (C=O) groups excluding carboxylic acids is 1. The summed E-state index contributed by atoms with van der Waals surface area (Å²) in [4.78, 5) is 12.3. The van der Waals surface area contributed by atoms with Crippen LogP contribution in [0.3, 0.4) is 0 Å². The van der Waals surface area contributed by atoms with Crippen molar-refractivity contribution in [2.45, 2.75) is 25.9 Å². The van der Waals surface area contributed by atoms with E-state index in [0.717, 1.165) is 21.8 Å². The van der Waals surface area contributed by atoms with Gasteiger partial charge in [0.25, 0.3) is 0 Å². The van der Waals surface area contributed by atoms with Crippen LogP contribution in [0, 0.1) is 20.8 Å². The molecule has 4 nitrogen and oxygen atoms in total. The lowest BCUT2D eigenvalue weighted by Gasteiger charge is -2.09. The Kier molecular flexibility index (Phi) is 4.04. The average Bonchev–Trinajstić information content (AvgIpc) is 2.70. The van der Waals surface area contributed by atoms with Gasteiger partial charge in [-0.2, -0.15) is 0 Å². The molecule has 0 aliphatic carbocycles. The zero-order chi connectivity index (χ0) is 14.0. The van der Waals surface area contributed by atoms with E-state index in [1.165, 1.54) is 17.3 Å². The Balaban J connectivity index is 2.15. The summed E-state index contributed by atoms with van der Waals surface area (Å²) in [5.41, 5.74) is 4.11. The monoisotopic (exact) mass is 275 g/mol. The molecule has 1 heterocycles. The molecule has 0 N–H and O–H groups in total. The van der Waals surface area contributed by atoms with Crippen LogP contribution < -0.4 is 0 Å². The smallest absolute Gasteiger partial charge is 0.191 e. The number of hydrogen-bond donors (Lipinski definition) is 0. The quantitative estimate of drug-likeness (QED) is 0.636. The van der Waals surface area contributed by atoms with Crippen LogP contribution in [0.25, 0.3) is 0 Å². The van der Waals surface area contributed by atoms with E-state index in [1.54, 1.807) is 6.33 Å². The Labute approximate surface area is 117 Å². The largest absolute Gasteiger partial charge is 0.312 e. The molecule has 0 radical (unpaired) electrons. The predicted octanol–water partition coefficient (Wildman–Crippen LogP) is 2.72. The summed E-state index contributed by atoms with van der Waals surface area (Å²) in [6.45, 7) is 6.02. The second kappa shape index (κ2) is 5.57. The van der Waals surface area contributed by atoms with Crippen LogP contribution >= 0.6 is 11.8 Å². The van der Waals surface area contributed by atoms with Crippen molar-refractivity contribution in [2.75, 3.05) is 5.75 Å². The topological polar surface area (TPSA) is 47.8 Å². The highest BCUT2D eigenvalue weighted by Crippen LogP contribution is 2.21. The van der Waals surface area contributed by atoms with Crippen molar-refractivity contribution in [3.05, 3.63) is 40.7 Å². The number of benzene rings is 1. The maximum absolute atomic E-state index is 12.3. The Morgan fingerprint density at radius 1 is 1.26 bits per heavy atom. The molecule has 100 valence electrons. The first-order chi connectivity index (χ1) is 8.99. The maximum atomic E-state index is 12.3. The highest BCUT2D eigenvalue weighted by molar-refractivity contribution is 7.99. The zero-order valence-corrected chi connectivity index (χ0v) is 12.4. The molecular weight excluding hydrogens is 258 g/mol. The van der Waals surface area contributed by atoms with Crippen molar-refractivity contribution in [1.29, 1.82) is 0 Å². The van der Waals surface area contributed by atoms with Gasteiger partial charge in [0.1, 0.15) is 6.33 Å². The van der Waals surface area contributed by atoms with Gasteiger partial charge < -0.3 is 4.57 Å². The van der Waals surface area contributed by atoms with Crippen molar-refractivity contribution in [3.8, 4) is 0 Å². The second-order valence-electron chi connectivity index (χ2n) is 4.71. The first-order valence-electron chi connectivity index (χ1n) is 6.07. The minimum absolute atomic E-state index is 0.142. The molecule has 5 heteroatoms. The van der Waals surface area contributed by atoms with Crippen LogP contribution in [-0.2, 0) is 7.05 Å². The number of nitrogens with zero attached hydrogens (tertiary/aromatic N) is 3. The Morgan fingerprint density at radius 3 is 2.42 bits per heavy atom. The number of carbonyl (C=O) groups is 1. The Bertz CT molecular complexity index is 596. The number of aromatic nitrogens is 3. The molecule has 0 aliphatic heterocycles. The molecule has 0 aliphatic rings. The highest BCUT2D eigenvalue weighted by Gasteiger charge is 2.14. The van der Waals surface area contributed by atoms with Gasteiger partial charge in [0.2, 0.25) is 0 Å². The van der Waals surface area contributed by atoms with Crippen molar-refractivity contribution in [3.63, 3.8) is 0 Å². The van der Waals surface area contributed by atoms with Crippen LogP contribution in [-0.4, -0.2) is 26.3 Å². The Morgan fingerprint density at radius 2 is 1.89 bits per heavy atom. The SMILES string of the molecule is Cc1cc(C)c(C(=O)CSc2nncn2C)c(C)c1. The zero-order valence-electron chi connectivity index (χ0n) is 11.6. The molecular formula is C14H17N3OS. The summed E-state index contributed by atoms with van der Waals surface area (Å²) in [5.74, 6) is 0.528. The third-order valence-electron chi connectivity index (χ3n) is 2.96. The van der Waals surface area contributed by atoms with Crippen LogP contribution in [0.5, 0.6) is 0 Å². The van der Waals surface area contributed by atoms with E-state index in [2.05, 4.69) is 10.2 Å². The lowest BCUT2D eigenvalue weighted by molar-refractivity contribution is 0.102. The van der Waals surface area contributed by atoms with Crippen LogP contribution in [0.15, 0.2) is 23.6 Å². The summed E-state index contributed by atoms with van der Waals surface area (Å²) in [6.07, 6.45) is 1.63. The van der Waals surface area contributed by atoms with Crippen LogP contribution in [0.4, 0.5) is 0 Å². The number of hydrogen-bond acceptors (Lipinski definition) is 4. The predicted molar refractivity (Wildman–Crippen MR) is 76.7 cm³/mol. The first-order valence-corrected chi connectivity index (χ1v) is 7.05.